The van der Waals surface area contributed by atoms with Crippen LogP contribution in [0, 0.1) is 26.6 Å². The highest BCUT2D eigenvalue weighted by atomic mass is 32.2. The summed E-state index contributed by atoms with van der Waals surface area (Å²) in [4.78, 5) is 4.45. The Morgan fingerprint density at radius 3 is 2.52 bits per heavy atom. The van der Waals surface area contributed by atoms with Crippen molar-refractivity contribution < 1.29 is 17.3 Å². The third kappa shape index (κ3) is 4.25. The zero-order valence-corrected chi connectivity index (χ0v) is 16.2. The first-order valence-corrected chi connectivity index (χ1v) is 9.94. The Bertz CT molecular complexity index is 1020. The normalized spacial score (nSPS) is 11.9. The number of nitrogens with zero attached hydrogens (tertiary/aromatic N) is 3. The Morgan fingerprint density at radius 1 is 1.19 bits per heavy atom. The van der Waals surface area contributed by atoms with E-state index >= 15 is 0 Å². The molecule has 0 atom stereocenters. The van der Waals surface area contributed by atoms with E-state index in [4.69, 9.17) is 4.52 Å². The summed E-state index contributed by atoms with van der Waals surface area (Å²) >= 11 is 0. The molecule has 0 aliphatic carbocycles. The van der Waals surface area contributed by atoms with E-state index in [2.05, 4.69) is 14.9 Å². The van der Waals surface area contributed by atoms with Crippen LogP contribution in [0.5, 0.6) is 0 Å². The summed E-state index contributed by atoms with van der Waals surface area (Å²) in [6.07, 6.45) is 2.15. The van der Waals surface area contributed by atoms with Crippen molar-refractivity contribution in [2.24, 2.45) is 0 Å². The quantitative estimate of drug-likeness (QED) is 0.667. The molecular weight excluding hydrogens is 371 g/mol. The van der Waals surface area contributed by atoms with Crippen molar-refractivity contribution in [2.45, 2.75) is 38.6 Å². The van der Waals surface area contributed by atoms with Gasteiger partial charge in [0.25, 0.3) is 0 Å². The molecule has 9 heteroatoms. The minimum atomic E-state index is -3.70. The van der Waals surface area contributed by atoms with E-state index in [1.165, 1.54) is 12.1 Å². The molecule has 3 rings (SSSR count). The second kappa shape index (κ2) is 7.61. The first kappa shape index (κ1) is 19.2. The van der Waals surface area contributed by atoms with Crippen LogP contribution in [0.4, 0.5) is 4.39 Å². The van der Waals surface area contributed by atoms with Crippen LogP contribution in [0.2, 0.25) is 0 Å². The minimum absolute atomic E-state index is 0.0772. The monoisotopic (exact) mass is 392 g/mol. The van der Waals surface area contributed by atoms with Crippen molar-refractivity contribution in [3.05, 3.63) is 64.8 Å². The number of imidazole rings is 1. The number of sulfonamides is 1. The SMILES string of the molecule is Cc1noc(C)c1S(=O)(=O)NCCc1ncc(C)n1Cc1ccc(F)cc1. The summed E-state index contributed by atoms with van der Waals surface area (Å²) in [5.41, 5.74) is 2.21. The predicted octanol–water partition coefficient (Wildman–Crippen LogP) is 2.50. The van der Waals surface area contributed by atoms with Crippen LogP contribution >= 0.6 is 0 Å². The molecule has 0 radical (unpaired) electrons. The second-order valence-electron chi connectivity index (χ2n) is 6.33. The second-order valence-corrected chi connectivity index (χ2v) is 8.03. The lowest BCUT2D eigenvalue weighted by molar-refractivity contribution is 0.390. The fourth-order valence-corrected chi connectivity index (χ4v) is 4.28. The van der Waals surface area contributed by atoms with Gasteiger partial charge >= 0.3 is 0 Å². The number of rotatable bonds is 7. The fraction of sp³-hybridized carbons (Fsp3) is 0.333. The third-order valence-electron chi connectivity index (χ3n) is 4.27. The largest absolute Gasteiger partial charge is 0.360 e. The molecule has 1 aromatic carbocycles. The van der Waals surface area contributed by atoms with E-state index in [0.717, 1.165) is 17.1 Å². The van der Waals surface area contributed by atoms with Gasteiger partial charge in [0.2, 0.25) is 10.0 Å². The first-order valence-electron chi connectivity index (χ1n) is 8.46. The van der Waals surface area contributed by atoms with Gasteiger partial charge in [-0.15, -0.1) is 0 Å². The van der Waals surface area contributed by atoms with E-state index in [1.54, 1.807) is 32.2 Å². The lowest BCUT2D eigenvalue weighted by Gasteiger charge is -2.11. The Kier molecular flexibility index (Phi) is 5.43. The third-order valence-corrected chi connectivity index (χ3v) is 5.97. The molecular formula is C18H21FN4O3S. The lowest BCUT2D eigenvalue weighted by Crippen LogP contribution is -2.27. The summed E-state index contributed by atoms with van der Waals surface area (Å²) in [6, 6.07) is 6.27. The number of aryl methyl sites for hydroxylation is 3. The molecule has 0 aliphatic heterocycles. The van der Waals surface area contributed by atoms with Crippen LogP contribution in [0.25, 0.3) is 0 Å². The summed E-state index contributed by atoms with van der Waals surface area (Å²) in [5.74, 6) is 0.724. The molecule has 0 fully saturated rings. The molecule has 0 unspecified atom stereocenters. The molecule has 7 nitrogen and oxygen atoms in total. The van der Waals surface area contributed by atoms with Crippen LogP contribution in [0.3, 0.4) is 0 Å². The smallest absolute Gasteiger partial charge is 0.245 e. The highest BCUT2D eigenvalue weighted by Crippen LogP contribution is 2.18. The van der Waals surface area contributed by atoms with Gasteiger partial charge in [0.15, 0.2) is 5.76 Å². The molecule has 144 valence electrons. The van der Waals surface area contributed by atoms with Gasteiger partial charge in [-0.1, -0.05) is 17.3 Å². The van der Waals surface area contributed by atoms with Gasteiger partial charge in [-0.3, -0.25) is 0 Å². The van der Waals surface area contributed by atoms with Crippen LogP contribution in [0.15, 0.2) is 39.9 Å². The Hall–Kier alpha value is -2.52. The molecule has 0 bridgehead atoms. The average Bonchev–Trinajstić information content (AvgIpc) is 3.13. The number of aromatic nitrogens is 3. The standard InChI is InChI=1S/C18H21FN4O3S/c1-12-10-20-17(23(12)11-15-4-6-16(19)7-5-15)8-9-21-27(24,25)18-13(2)22-26-14(18)3/h4-7,10,21H,8-9,11H2,1-3H3. The molecule has 0 saturated carbocycles. The van der Waals surface area contributed by atoms with Gasteiger partial charge in [0.1, 0.15) is 22.2 Å². The predicted molar refractivity (Wildman–Crippen MR) is 97.3 cm³/mol. The summed E-state index contributed by atoms with van der Waals surface area (Å²) in [6.45, 7) is 5.80. The Balaban J connectivity index is 1.69. The van der Waals surface area contributed by atoms with Gasteiger partial charge in [0, 0.05) is 31.4 Å². The van der Waals surface area contributed by atoms with Gasteiger partial charge in [-0.05, 0) is 38.5 Å². The molecule has 27 heavy (non-hydrogen) atoms. The minimum Gasteiger partial charge on any atom is -0.360 e. The van der Waals surface area contributed by atoms with Crippen molar-refractivity contribution in [1.29, 1.82) is 0 Å². The molecule has 3 aromatic rings. The Labute approximate surface area is 157 Å². The number of hydrogen-bond donors (Lipinski definition) is 1. The summed E-state index contributed by atoms with van der Waals surface area (Å²) in [7, 11) is -3.70. The topological polar surface area (TPSA) is 90.0 Å². The van der Waals surface area contributed by atoms with Crippen LogP contribution in [0.1, 0.15) is 28.5 Å². The van der Waals surface area contributed by atoms with Gasteiger partial charge in [-0.25, -0.2) is 22.5 Å². The van der Waals surface area contributed by atoms with Gasteiger partial charge < -0.3 is 9.09 Å². The number of halogens is 1. The number of nitrogens with one attached hydrogen (secondary N) is 1. The maximum atomic E-state index is 13.1. The summed E-state index contributed by atoms with van der Waals surface area (Å²) < 4.78 is 47.5. The number of benzene rings is 1. The van der Waals surface area contributed by atoms with Crippen LogP contribution in [-0.4, -0.2) is 29.7 Å². The zero-order chi connectivity index (χ0) is 19.6. The molecule has 2 aromatic heterocycles. The Morgan fingerprint density at radius 2 is 1.89 bits per heavy atom. The average molecular weight is 392 g/mol. The fourth-order valence-electron chi connectivity index (χ4n) is 2.93. The van der Waals surface area contributed by atoms with Gasteiger partial charge in [0.05, 0.1) is 0 Å². The maximum Gasteiger partial charge on any atom is 0.245 e. The zero-order valence-electron chi connectivity index (χ0n) is 15.4. The van der Waals surface area contributed by atoms with Crippen molar-refractivity contribution >= 4 is 10.0 Å². The molecule has 0 aliphatic rings. The van der Waals surface area contributed by atoms with Gasteiger partial charge in [-0.2, -0.15) is 0 Å². The van der Waals surface area contributed by atoms with Crippen molar-refractivity contribution in [1.82, 2.24) is 19.4 Å². The number of hydrogen-bond acceptors (Lipinski definition) is 5. The van der Waals surface area contributed by atoms with E-state index < -0.39 is 10.0 Å². The summed E-state index contributed by atoms with van der Waals surface area (Å²) in [5, 5.41) is 3.68. The van der Waals surface area contributed by atoms with E-state index in [1.807, 2.05) is 11.5 Å². The van der Waals surface area contributed by atoms with E-state index in [0.29, 0.717) is 18.7 Å². The van der Waals surface area contributed by atoms with Crippen LogP contribution < -0.4 is 4.72 Å². The molecule has 1 N–H and O–H groups in total. The highest BCUT2D eigenvalue weighted by molar-refractivity contribution is 7.89. The highest BCUT2D eigenvalue weighted by Gasteiger charge is 2.23. The van der Waals surface area contributed by atoms with E-state index in [9.17, 15) is 12.8 Å². The molecule has 0 spiro atoms. The maximum absolute atomic E-state index is 13.1. The molecule has 2 heterocycles. The van der Waals surface area contributed by atoms with Crippen molar-refractivity contribution in [3.63, 3.8) is 0 Å². The molecule has 0 amide bonds. The van der Waals surface area contributed by atoms with Crippen molar-refractivity contribution in [3.8, 4) is 0 Å². The first-order chi connectivity index (χ1) is 12.8. The van der Waals surface area contributed by atoms with Crippen LogP contribution in [-0.2, 0) is 23.0 Å². The van der Waals surface area contributed by atoms with E-state index in [-0.39, 0.29) is 23.0 Å². The molecule has 0 saturated heterocycles. The lowest BCUT2D eigenvalue weighted by atomic mass is 10.2. The van der Waals surface area contributed by atoms with Crippen molar-refractivity contribution in [2.75, 3.05) is 6.54 Å².